The summed E-state index contributed by atoms with van der Waals surface area (Å²) in [7, 11) is 0. The van der Waals surface area contributed by atoms with Crippen molar-refractivity contribution >= 4 is 42.6 Å². The molecule has 1 aliphatic heterocycles. The number of halogens is 1. The van der Waals surface area contributed by atoms with E-state index in [2.05, 4.69) is 36.6 Å². The van der Waals surface area contributed by atoms with Gasteiger partial charge in [0.15, 0.2) is 0 Å². The Morgan fingerprint density at radius 1 is 1.08 bits per heavy atom. The van der Waals surface area contributed by atoms with Crippen LogP contribution in [0, 0.1) is 5.82 Å². The Kier molecular flexibility index (Phi) is 2.65. The Bertz CT molecular complexity index is 1170. The van der Waals surface area contributed by atoms with Crippen LogP contribution in [0.5, 0.6) is 0 Å². The van der Waals surface area contributed by atoms with Crippen LogP contribution < -0.4 is 0 Å². The molecule has 0 saturated heterocycles. The van der Waals surface area contributed by atoms with E-state index in [4.69, 9.17) is 0 Å². The zero-order valence-corrected chi connectivity index (χ0v) is 15.0. The molecule has 0 N–H and O–H groups in total. The molecule has 4 heteroatoms. The number of fused-ring (bicyclic) bond motifs is 5. The minimum atomic E-state index is -0.232. The molecule has 24 heavy (non-hydrogen) atoms. The number of carbonyl (C=O) groups excluding carboxylic acids is 1. The van der Waals surface area contributed by atoms with Gasteiger partial charge in [0.25, 0.3) is 0 Å². The standard InChI is InChI=1S/C20H14FNOSe/c1-20(2)15-5-3-4-14-13-7-6-11(21)8-17(13)22(18(14)15)19-16(20)9-12(10-23)24-19/h3-10H,1-2H3. The van der Waals surface area contributed by atoms with Crippen LogP contribution in [-0.4, -0.2) is 25.4 Å². The molecule has 3 heterocycles. The average Bonchev–Trinajstić information content (AvgIpc) is 3.12. The molecule has 0 fully saturated rings. The third kappa shape index (κ3) is 1.58. The third-order valence-corrected chi connectivity index (χ3v) is 7.34. The number of hydrogen-bond acceptors (Lipinski definition) is 1. The summed E-state index contributed by atoms with van der Waals surface area (Å²) in [6.45, 7) is 4.42. The molecule has 0 spiro atoms. The summed E-state index contributed by atoms with van der Waals surface area (Å²) in [6.07, 6.45) is 0.961. The molecule has 0 unspecified atom stereocenters. The summed E-state index contributed by atoms with van der Waals surface area (Å²) >= 11 is -0.0485. The second kappa shape index (κ2) is 4.47. The fourth-order valence-electron chi connectivity index (χ4n) is 3.97. The molecule has 0 atom stereocenters. The van der Waals surface area contributed by atoms with E-state index in [9.17, 15) is 9.18 Å². The van der Waals surface area contributed by atoms with Gasteiger partial charge in [-0.25, -0.2) is 0 Å². The number of para-hydroxylation sites is 1. The SMILES string of the molecule is CC1(C)c2cc(C=O)[se]c2-n2c3cc(F)ccc3c3cccc1c32. The van der Waals surface area contributed by atoms with Crippen LogP contribution in [0.4, 0.5) is 4.39 Å². The fraction of sp³-hybridized carbons (Fsp3) is 0.150. The average molecular weight is 382 g/mol. The Balaban J connectivity index is 2.10. The van der Waals surface area contributed by atoms with Gasteiger partial charge in [-0.2, -0.15) is 0 Å². The van der Waals surface area contributed by atoms with E-state index < -0.39 is 0 Å². The molecule has 118 valence electrons. The van der Waals surface area contributed by atoms with Gasteiger partial charge < -0.3 is 0 Å². The number of aromatic nitrogens is 1. The van der Waals surface area contributed by atoms with E-state index in [0.29, 0.717) is 0 Å². The van der Waals surface area contributed by atoms with Gasteiger partial charge in [-0.05, 0) is 0 Å². The fourth-order valence-corrected chi connectivity index (χ4v) is 6.39. The first-order chi connectivity index (χ1) is 11.5. The number of carbonyl (C=O) groups is 1. The van der Waals surface area contributed by atoms with E-state index in [1.165, 1.54) is 21.8 Å². The first-order valence-electron chi connectivity index (χ1n) is 7.85. The van der Waals surface area contributed by atoms with Crippen molar-refractivity contribution in [2.75, 3.05) is 0 Å². The summed E-state index contributed by atoms with van der Waals surface area (Å²) in [5.74, 6) is -0.232. The molecular weight excluding hydrogens is 368 g/mol. The first-order valence-corrected chi connectivity index (χ1v) is 9.56. The third-order valence-electron chi connectivity index (χ3n) is 5.15. The molecule has 1 aliphatic rings. The topological polar surface area (TPSA) is 22.0 Å². The second-order valence-electron chi connectivity index (χ2n) is 6.81. The van der Waals surface area contributed by atoms with Gasteiger partial charge in [-0.3, -0.25) is 0 Å². The van der Waals surface area contributed by atoms with Crippen LogP contribution in [0.2, 0.25) is 0 Å². The number of benzene rings is 2. The predicted octanol–water partition coefficient (Wildman–Crippen LogP) is 4.43. The molecule has 0 saturated carbocycles. The van der Waals surface area contributed by atoms with Crippen molar-refractivity contribution in [2.24, 2.45) is 0 Å². The van der Waals surface area contributed by atoms with Crippen molar-refractivity contribution < 1.29 is 9.18 Å². The van der Waals surface area contributed by atoms with Crippen LogP contribution in [0.15, 0.2) is 42.5 Å². The van der Waals surface area contributed by atoms with Gasteiger partial charge >= 0.3 is 144 Å². The Morgan fingerprint density at radius 3 is 2.71 bits per heavy atom. The van der Waals surface area contributed by atoms with Gasteiger partial charge in [-0.1, -0.05) is 0 Å². The van der Waals surface area contributed by atoms with E-state index in [1.54, 1.807) is 6.07 Å². The molecule has 4 aromatic rings. The first kappa shape index (κ1) is 14.2. The Morgan fingerprint density at radius 2 is 1.92 bits per heavy atom. The van der Waals surface area contributed by atoms with E-state index in [-0.39, 0.29) is 25.7 Å². The minimum absolute atomic E-state index is 0.0485. The van der Waals surface area contributed by atoms with Crippen molar-refractivity contribution in [3.05, 3.63) is 63.8 Å². The molecule has 0 bridgehead atoms. The number of aldehydes is 1. The van der Waals surface area contributed by atoms with Crippen molar-refractivity contribution in [3.8, 4) is 4.56 Å². The van der Waals surface area contributed by atoms with Gasteiger partial charge in [0.2, 0.25) is 0 Å². The summed E-state index contributed by atoms with van der Waals surface area (Å²) in [5, 5.41) is 2.21. The zero-order chi connectivity index (χ0) is 16.6. The quantitative estimate of drug-likeness (QED) is 0.353. The normalized spacial score (nSPS) is 15.0. The van der Waals surface area contributed by atoms with Gasteiger partial charge in [0.1, 0.15) is 0 Å². The number of rotatable bonds is 1. The molecule has 0 amide bonds. The number of hydrogen-bond donors (Lipinski definition) is 0. The van der Waals surface area contributed by atoms with Crippen molar-refractivity contribution in [1.82, 2.24) is 4.57 Å². The van der Waals surface area contributed by atoms with Crippen LogP contribution in [0.1, 0.15) is 34.2 Å². The predicted molar refractivity (Wildman–Crippen MR) is 95.2 cm³/mol. The van der Waals surface area contributed by atoms with Crippen molar-refractivity contribution in [3.63, 3.8) is 0 Å². The van der Waals surface area contributed by atoms with E-state index in [1.807, 2.05) is 12.1 Å². The van der Waals surface area contributed by atoms with Crippen LogP contribution >= 0.6 is 0 Å². The summed E-state index contributed by atoms with van der Waals surface area (Å²) in [4.78, 5) is 11.4. The molecule has 5 rings (SSSR count). The second-order valence-corrected chi connectivity index (χ2v) is 9.04. The Hall–Kier alpha value is -2.16. The molecule has 0 aliphatic carbocycles. The monoisotopic (exact) mass is 383 g/mol. The van der Waals surface area contributed by atoms with Gasteiger partial charge in [-0.15, -0.1) is 0 Å². The molecule has 0 radical (unpaired) electrons. The van der Waals surface area contributed by atoms with Gasteiger partial charge in [0, 0.05) is 0 Å². The number of nitrogens with zero attached hydrogens (tertiary/aromatic N) is 1. The summed E-state index contributed by atoms with van der Waals surface area (Å²) in [6, 6.07) is 13.4. The van der Waals surface area contributed by atoms with E-state index in [0.717, 1.165) is 32.5 Å². The maximum absolute atomic E-state index is 13.9. The summed E-state index contributed by atoms with van der Waals surface area (Å²) < 4.78 is 18.1. The van der Waals surface area contributed by atoms with Crippen molar-refractivity contribution in [1.29, 1.82) is 0 Å². The maximum atomic E-state index is 13.9. The van der Waals surface area contributed by atoms with E-state index >= 15 is 0 Å². The zero-order valence-electron chi connectivity index (χ0n) is 13.3. The summed E-state index contributed by atoms with van der Waals surface area (Å²) in [5.41, 5.74) is 4.30. The van der Waals surface area contributed by atoms with Gasteiger partial charge in [0.05, 0.1) is 0 Å². The van der Waals surface area contributed by atoms with Crippen LogP contribution in [0.3, 0.4) is 0 Å². The Labute approximate surface area is 144 Å². The van der Waals surface area contributed by atoms with Crippen molar-refractivity contribution in [2.45, 2.75) is 19.3 Å². The molecular formula is C20H14FNOSe. The molecule has 2 aromatic carbocycles. The molecule has 2 nitrogen and oxygen atoms in total. The van der Waals surface area contributed by atoms with Crippen LogP contribution in [0.25, 0.3) is 26.4 Å². The van der Waals surface area contributed by atoms with Crippen LogP contribution in [-0.2, 0) is 5.41 Å². The molecule has 2 aromatic heterocycles.